The molecule has 9 aromatic heterocycles. The van der Waals surface area contributed by atoms with Gasteiger partial charge in [0.25, 0.3) is 17.7 Å². The van der Waals surface area contributed by atoms with Gasteiger partial charge in [-0.1, -0.05) is 114 Å². The van der Waals surface area contributed by atoms with Crippen LogP contribution in [0, 0.1) is 10.8 Å². The first-order valence-corrected chi connectivity index (χ1v) is 41.6. The van der Waals surface area contributed by atoms with Crippen molar-refractivity contribution in [2.45, 2.75) is 228 Å². The number of amides is 3. The van der Waals surface area contributed by atoms with Gasteiger partial charge in [-0.3, -0.25) is 14.4 Å². The minimum Gasteiger partial charge on any atom is -0.478 e. The van der Waals surface area contributed by atoms with E-state index in [0.717, 1.165) is 76.1 Å². The van der Waals surface area contributed by atoms with E-state index in [-0.39, 0.29) is 56.9 Å². The Morgan fingerprint density at radius 2 is 0.765 bits per heavy atom. The lowest BCUT2D eigenvalue weighted by Crippen LogP contribution is -2.61. The van der Waals surface area contributed by atoms with Gasteiger partial charge in [-0.05, 0) is 175 Å². The average Bonchev–Trinajstić information content (AvgIpc) is 1.64. The lowest BCUT2D eigenvalue weighted by atomic mass is 9.72. The van der Waals surface area contributed by atoms with Gasteiger partial charge in [-0.15, -0.1) is 0 Å². The third-order valence-corrected chi connectivity index (χ3v) is 24.5. The number of pyridine rings is 4. The van der Waals surface area contributed by atoms with Crippen LogP contribution < -0.4 is 14.7 Å². The first-order chi connectivity index (χ1) is 55.6. The number of aromatic nitrogens is 8. The Hall–Kier alpha value is -10.9. The van der Waals surface area contributed by atoms with Gasteiger partial charge in [0, 0.05) is 146 Å². The van der Waals surface area contributed by atoms with E-state index in [1.807, 2.05) is 104 Å². The van der Waals surface area contributed by atoms with Crippen molar-refractivity contribution in [1.82, 2.24) is 54.6 Å². The Morgan fingerprint density at radius 3 is 1.09 bits per heavy atom. The van der Waals surface area contributed by atoms with Crippen molar-refractivity contribution < 1.29 is 57.3 Å². The number of benzene rings is 1. The maximum Gasteiger partial charge on any atom is 0.374 e. The number of hydrogen-bond acceptors (Lipinski definition) is 20. The fourth-order valence-electron chi connectivity index (χ4n) is 17.2. The minimum atomic E-state index is -1.18. The van der Waals surface area contributed by atoms with E-state index in [1.54, 1.807) is 35.2 Å². The molecule has 5 aliphatic rings. The quantitative estimate of drug-likeness (QED) is 0.102. The number of anilines is 3. The second-order valence-corrected chi connectivity index (χ2v) is 39.7. The number of carbonyl (C=O) groups excluding carboxylic acids is 3. The second-order valence-electron chi connectivity index (χ2n) is 39.2. The topological polar surface area (TPSA) is 325 Å². The maximum absolute atomic E-state index is 13.9. The summed E-state index contributed by atoms with van der Waals surface area (Å²) >= 11 is 6.09. The molecule has 0 radical (unpaired) electrons. The number of carbonyl (C=O) groups is 6. The smallest absolute Gasteiger partial charge is 0.374 e. The van der Waals surface area contributed by atoms with Gasteiger partial charge in [0.05, 0.1) is 27.9 Å². The Labute approximate surface area is 700 Å². The van der Waals surface area contributed by atoms with Gasteiger partial charge in [-0.2, -0.15) is 0 Å². The highest BCUT2D eigenvalue weighted by molar-refractivity contribution is 6.30. The fourth-order valence-corrected chi connectivity index (χ4v) is 17.3. The SMILES string of the molecule is CC(C)(C)c1cc(-c2ccc(Cl)cc2)nc2cc(C(=O)N3CCN(c4ccnc(C(=O)O)n4)CC3(C)C)oc12.CC1(C)CCC(c2cc(C(C)(C)C)c3oc(C(=O)N4CCN(c5ccc(C(=O)O)cn5)CC4(C)C)cc3n2)CC1.CC1(C)CCC(c2cc(C(C)(C)C)c3oc(C(=O)N4CCN(c5ccnc(C(=O)O)n5)CC4(C)C)cc3n2)CC1. The lowest BCUT2D eigenvalue weighted by molar-refractivity contribution is 0.0475. The predicted octanol–water partition coefficient (Wildman–Crippen LogP) is 18.4. The molecule has 1 aromatic carbocycles. The minimum absolute atomic E-state index is 0.141. The number of aromatic carboxylic acids is 3. The second kappa shape index (κ2) is 32.3. The third kappa shape index (κ3) is 18.8. The number of nitrogens with zero attached hydrogens (tertiary/aromatic N) is 14. The summed E-state index contributed by atoms with van der Waals surface area (Å²) < 4.78 is 18.9. The van der Waals surface area contributed by atoms with Crippen molar-refractivity contribution in [2.24, 2.45) is 10.8 Å². The van der Waals surface area contributed by atoms with Crippen LogP contribution in [-0.4, -0.2) is 181 Å². The van der Waals surface area contributed by atoms with Crippen molar-refractivity contribution in [3.05, 3.63) is 171 Å². The number of fused-ring (bicyclic) bond motifs is 3. The zero-order valence-corrected chi connectivity index (χ0v) is 72.9. The van der Waals surface area contributed by atoms with Crippen LogP contribution >= 0.6 is 11.6 Å². The van der Waals surface area contributed by atoms with E-state index in [4.69, 9.17) is 39.8 Å². The Kier molecular flexibility index (Phi) is 23.4. The number of carboxylic acids is 3. The summed E-state index contributed by atoms with van der Waals surface area (Å²) in [6.07, 6.45) is 13.5. The molecule has 2 aliphatic carbocycles. The van der Waals surface area contributed by atoms with E-state index in [1.165, 1.54) is 44.3 Å². The van der Waals surface area contributed by atoms with Gasteiger partial charge in [0.1, 0.15) is 34.0 Å². The molecule has 0 unspecified atom stereocenters. The molecule has 0 bridgehead atoms. The van der Waals surface area contributed by atoms with E-state index in [9.17, 15) is 44.1 Å². The molecule has 3 saturated heterocycles. The first-order valence-electron chi connectivity index (χ1n) is 41.3. The van der Waals surface area contributed by atoms with E-state index >= 15 is 0 Å². The van der Waals surface area contributed by atoms with Crippen molar-refractivity contribution in [1.29, 1.82) is 0 Å². The van der Waals surface area contributed by atoms with Crippen LogP contribution in [-0.2, 0) is 16.2 Å². The monoisotopic (exact) mass is 1640 g/mol. The molecular weight excluding hydrogens is 1530 g/mol. The Bertz CT molecular complexity index is 5510. The summed E-state index contributed by atoms with van der Waals surface area (Å²) in [5.74, 6) is -0.938. The number of piperazine rings is 3. The molecule has 3 aliphatic heterocycles. The van der Waals surface area contributed by atoms with Gasteiger partial charge in [-0.25, -0.2) is 54.3 Å². The van der Waals surface area contributed by atoms with Crippen LogP contribution in [0.15, 0.2) is 117 Å². The van der Waals surface area contributed by atoms with Gasteiger partial charge in [0.2, 0.25) is 11.6 Å². The van der Waals surface area contributed by atoms with Crippen LogP contribution in [0.3, 0.4) is 0 Å². The number of furan rings is 3. The molecule has 15 rings (SSSR count). The van der Waals surface area contributed by atoms with Gasteiger partial charge >= 0.3 is 17.9 Å². The number of rotatable bonds is 12. The molecule has 12 heterocycles. The van der Waals surface area contributed by atoms with Crippen LogP contribution in [0.2, 0.25) is 5.02 Å². The summed E-state index contributed by atoms with van der Waals surface area (Å²) in [5.41, 5.74) is 9.88. The molecule has 119 heavy (non-hydrogen) atoms. The number of hydrogen-bond donors (Lipinski definition) is 3. The van der Waals surface area contributed by atoms with Crippen LogP contribution in [0.4, 0.5) is 17.5 Å². The van der Waals surface area contributed by atoms with Crippen LogP contribution in [0.1, 0.15) is 286 Å². The zero-order chi connectivity index (χ0) is 86.2. The van der Waals surface area contributed by atoms with Crippen LogP contribution in [0.25, 0.3) is 44.6 Å². The molecule has 2 saturated carbocycles. The maximum atomic E-state index is 13.9. The normalized spacial score (nSPS) is 18.3. The highest BCUT2D eigenvalue weighted by Gasteiger charge is 2.44. The van der Waals surface area contributed by atoms with Crippen LogP contribution in [0.5, 0.6) is 0 Å². The fraction of sp³-hybridized carbons (Fsp3) is 0.500. The average molecular weight is 1640 g/mol. The van der Waals surface area contributed by atoms with Crippen molar-refractivity contribution in [2.75, 3.05) is 73.6 Å². The molecule has 3 amide bonds. The zero-order valence-electron chi connectivity index (χ0n) is 72.1. The molecule has 27 heteroatoms. The molecule has 10 aromatic rings. The van der Waals surface area contributed by atoms with Gasteiger partial charge < -0.3 is 58.0 Å². The Balaban J connectivity index is 0.000000155. The Morgan fingerprint density at radius 1 is 0.412 bits per heavy atom. The number of halogens is 1. The standard InChI is InChI=1S/C32H42N4O4.C31H41N5O4.C29H30ClN5O4/c1-30(2,3)22-16-23(20-10-12-31(4,5)13-11-20)34-24-17-25(40-27(22)24)28(37)36-15-14-35(19-32(36,6)7)26-9-8-21(18-33-26)29(38)39;1-29(2,3)20-16-21(19-8-11-30(4,5)12-9-19)33-22-17-23(40-25(20)22)27(37)36-15-14-35(18-31(36,6)7)24-10-13-32-26(34-24)28(38)39;1-28(2,3)19-14-20(17-6-8-18(30)9-7-17)32-21-15-22(39-24(19)21)26(36)35-13-12-34(16-29(35,4)5)23-10-11-31-25(33-23)27(37)38/h8-9,16-18,20H,10-15,19H2,1-7H3,(H,38,39);10,13,16-17,19H,8-9,11-12,14-15,18H2,1-7H3,(H,38,39);6-11,14-15H,12-13,16H2,1-5H3,(H,37,38). The largest absolute Gasteiger partial charge is 0.478 e. The van der Waals surface area contributed by atoms with E-state index in [2.05, 4.69) is 132 Å². The molecule has 26 nitrogen and oxygen atoms in total. The summed E-state index contributed by atoms with van der Waals surface area (Å²) in [7, 11) is 0. The molecule has 5 fully saturated rings. The van der Waals surface area contributed by atoms with Crippen molar-refractivity contribution >= 4 is 98.0 Å². The number of carboxylic acid groups (broad SMARTS) is 3. The predicted molar refractivity (Wildman–Crippen MR) is 460 cm³/mol. The van der Waals surface area contributed by atoms with Gasteiger partial charge in [0.15, 0.2) is 34.0 Å². The van der Waals surface area contributed by atoms with Crippen molar-refractivity contribution in [3.63, 3.8) is 0 Å². The van der Waals surface area contributed by atoms with E-state index in [0.29, 0.717) is 138 Å². The van der Waals surface area contributed by atoms with Crippen molar-refractivity contribution in [3.8, 4) is 11.3 Å². The van der Waals surface area contributed by atoms with E-state index < -0.39 is 34.5 Å². The molecule has 3 N–H and O–H groups in total. The summed E-state index contributed by atoms with van der Waals surface area (Å²) in [4.78, 5) is 122. The molecule has 0 spiro atoms. The third-order valence-electron chi connectivity index (χ3n) is 24.3. The summed E-state index contributed by atoms with van der Waals surface area (Å²) in [6.45, 7) is 45.2. The first kappa shape index (κ1) is 86.0. The molecule has 630 valence electrons. The highest BCUT2D eigenvalue weighted by Crippen LogP contribution is 2.47. The lowest BCUT2D eigenvalue weighted by Gasteiger charge is -2.47. The summed E-state index contributed by atoms with van der Waals surface area (Å²) in [5, 5.41) is 28.4. The molecule has 0 atom stereocenters. The summed E-state index contributed by atoms with van der Waals surface area (Å²) in [6, 6.07) is 26.0. The highest BCUT2D eigenvalue weighted by atomic mass is 35.5. The molecular formula is C92H113ClN14O12.